The summed E-state index contributed by atoms with van der Waals surface area (Å²) in [6, 6.07) is 29.8. The molecule has 0 spiro atoms. The van der Waals surface area contributed by atoms with Crippen LogP contribution in [-0.2, 0) is 21.0 Å². The normalized spacial score (nSPS) is 13.5. The summed E-state index contributed by atoms with van der Waals surface area (Å²) in [5, 5.41) is 2.14. The first-order chi connectivity index (χ1) is 21.8. The Kier molecular flexibility index (Phi) is 9.98. The van der Waals surface area contributed by atoms with Crippen LogP contribution in [0.5, 0.6) is 0 Å². The lowest BCUT2D eigenvalue weighted by Crippen LogP contribution is -2.67. The fourth-order valence-electron chi connectivity index (χ4n) is 6.46. The second-order valence-corrected chi connectivity index (χ2v) is 19.8. The molecule has 0 saturated carbocycles. The first-order valence-corrected chi connectivity index (χ1v) is 19.3. The Bertz CT molecular complexity index is 1810. The van der Waals surface area contributed by atoms with Gasteiger partial charge in [-0.1, -0.05) is 107 Å². The van der Waals surface area contributed by atoms with E-state index in [1.165, 1.54) is 14.7 Å². The molecule has 3 aromatic carbocycles. The van der Waals surface area contributed by atoms with Crippen LogP contribution in [0.4, 0.5) is 0 Å². The van der Waals surface area contributed by atoms with E-state index >= 15 is 0 Å². The summed E-state index contributed by atoms with van der Waals surface area (Å²) < 4.78 is 39.1. The number of benzene rings is 3. The van der Waals surface area contributed by atoms with Crippen molar-refractivity contribution in [2.75, 3.05) is 13.7 Å². The molecule has 1 unspecified atom stereocenters. The van der Waals surface area contributed by atoms with Crippen molar-refractivity contribution in [2.24, 2.45) is 5.92 Å². The van der Waals surface area contributed by atoms with E-state index in [0.29, 0.717) is 19.6 Å². The molecule has 0 aliphatic rings. The average Bonchev–Trinajstić information content (AvgIpc) is 3.35. The first kappa shape index (κ1) is 33.7. The van der Waals surface area contributed by atoms with Crippen LogP contribution in [0.15, 0.2) is 108 Å². The lowest BCUT2D eigenvalue weighted by atomic mass is 10.1. The van der Waals surface area contributed by atoms with Gasteiger partial charge in [0.15, 0.2) is 0 Å². The van der Waals surface area contributed by atoms with Crippen LogP contribution in [-0.4, -0.2) is 55.3 Å². The maximum Gasteiger partial charge on any atom is 0.261 e. The fraction of sp³-hybridized carbons (Fsp3) is 0.351. The Labute approximate surface area is 275 Å². The third kappa shape index (κ3) is 6.74. The summed E-state index contributed by atoms with van der Waals surface area (Å²) >= 11 is 0. The number of fused-ring (bicyclic) bond motifs is 1. The zero-order valence-corrected chi connectivity index (χ0v) is 29.8. The predicted molar refractivity (Wildman–Crippen MR) is 190 cm³/mol. The van der Waals surface area contributed by atoms with Gasteiger partial charge in [0.25, 0.3) is 8.32 Å². The number of likely N-dealkylation sites (N-methyl/N-ethyl adjacent to an activating group) is 1. The quantitative estimate of drug-likeness (QED) is 0.146. The minimum Gasteiger partial charge on any atom is -0.406 e. The standard InChI is InChI=1S/C37H46N4O3SSi/c1-28(2)24-31(27-44-46(37(4,5)6,33-14-10-8-11-15-33)34-16-12-9-13-17-34)40(7)45(42,43)32-20-18-30(19-21-32)26-41-29(3)39-35-25-38-23-22-36(35)41/h8-23,25,28,31H,24,26-27H2,1-7H3. The number of imidazole rings is 1. The maximum atomic E-state index is 14.1. The highest BCUT2D eigenvalue weighted by Gasteiger charge is 2.50. The summed E-state index contributed by atoms with van der Waals surface area (Å²) in [4.78, 5) is 9.06. The van der Waals surface area contributed by atoms with Crippen molar-refractivity contribution in [2.45, 2.75) is 70.5 Å². The van der Waals surface area contributed by atoms with Crippen LogP contribution in [0.1, 0.15) is 52.4 Å². The molecule has 2 aromatic heterocycles. The second-order valence-electron chi connectivity index (χ2n) is 13.5. The fourth-order valence-corrected chi connectivity index (χ4v) is 12.4. The van der Waals surface area contributed by atoms with E-state index in [-0.39, 0.29) is 21.9 Å². The molecule has 5 rings (SSSR count). The van der Waals surface area contributed by atoms with Gasteiger partial charge in [0.05, 0.1) is 23.2 Å². The van der Waals surface area contributed by atoms with E-state index in [4.69, 9.17) is 4.43 Å². The van der Waals surface area contributed by atoms with Crippen molar-refractivity contribution in [3.05, 3.63) is 115 Å². The van der Waals surface area contributed by atoms with Gasteiger partial charge >= 0.3 is 0 Å². The minimum atomic E-state index is -3.80. The van der Waals surface area contributed by atoms with Crippen molar-refractivity contribution < 1.29 is 12.8 Å². The molecule has 9 heteroatoms. The van der Waals surface area contributed by atoms with Crippen LogP contribution in [0.2, 0.25) is 5.04 Å². The van der Waals surface area contributed by atoms with Crippen molar-refractivity contribution in [3.63, 3.8) is 0 Å². The summed E-state index contributed by atoms with van der Waals surface area (Å²) in [6.07, 6.45) is 4.19. The third-order valence-electron chi connectivity index (χ3n) is 8.85. The summed E-state index contributed by atoms with van der Waals surface area (Å²) in [6.45, 7) is 13.8. The number of nitrogens with zero attached hydrogens (tertiary/aromatic N) is 4. The molecule has 0 bridgehead atoms. The Balaban J connectivity index is 1.43. The zero-order valence-electron chi connectivity index (χ0n) is 28.0. The monoisotopic (exact) mass is 654 g/mol. The Morgan fingerprint density at radius 3 is 2.02 bits per heavy atom. The number of aryl methyl sites for hydroxylation is 1. The van der Waals surface area contributed by atoms with Crippen LogP contribution in [0, 0.1) is 12.8 Å². The number of aromatic nitrogens is 3. The van der Waals surface area contributed by atoms with Gasteiger partial charge in [-0.3, -0.25) is 4.98 Å². The van der Waals surface area contributed by atoms with E-state index in [1.54, 1.807) is 31.6 Å². The van der Waals surface area contributed by atoms with E-state index in [1.807, 2.05) is 37.3 Å². The lowest BCUT2D eigenvalue weighted by Gasteiger charge is -2.44. The van der Waals surface area contributed by atoms with Gasteiger partial charge in [0.1, 0.15) is 11.3 Å². The van der Waals surface area contributed by atoms with Crippen molar-refractivity contribution in [3.8, 4) is 0 Å². The molecule has 46 heavy (non-hydrogen) atoms. The van der Waals surface area contributed by atoms with Gasteiger partial charge in [-0.15, -0.1) is 0 Å². The Hall–Kier alpha value is -3.63. The summed E-state index contributed by atoms with van der Waals surface area (Å²) in [7, 11) is -4.95. The van der Waals surface area contributed by atoms with Gasteiger partial charge < -0.3 is 8.99 Å². The maximum absolute atomic E-state index is 14.1. The highest BCUT2D eigenvalue weighted by molar-refractivity contribution is 7.89. The third-order valence-corrected chi connectivity index (χ3v) is 15.8. The predicted octanol–water partition coefficient (Wildman–Crippen LogP) is 6.40. The molecule has 0 N–H and O–H groups in total. The van der Waals surface area contributed by atoms with Crippen LogP contribution < -0.4 is 10.4 Å². The molecule has 0 amide bonds. The number of pyridine rings is 1. The molecule has 5 aromatic rings. The van der Waals surface area contributed by atoms with Crippen molar-refractivity contribution in [1.82, 2.24) is 18.8 Å². The minimum absolute atomic E-state index is 0.208. The summed E-state index contributed by atoms with van der Waals surface area (Å²) in [5.74, 6) is 1.16. The van der Waals surface area contributed by atoms with Gasteiger partial charge in [-0.2, -0.15) is 4.31 Å². The second kappa shape index (κ2) is 13.6. The topological polar surface area (TPSA) is 77.3 Å². The molecule has 242 valence electrons. The van der Waals surface area contributed by atoms with Crippen molar-refractivity contribution >= 4 is 39.7 Å². The number of hydrogen-bond donors (Lipinski definition) is 0. The zero-order chi connectivity index (χ0) is 33.1. The SMILES string of the molecule is Cc1nc2cnccc2n1Cc1ccc(S(=O)(=O)N(C)C(CO[Si](c2ccccc2)(c2ccccc2)C(C)(C)C)CC(C)C)cc1. The van der Waals surface area contributed by atoms with Gasteiger partial charge in [0.2, 0.25) is 10.0 Å². The molecule has 0 fully saturated rings. The molecule has 2 heterocycles. The van der Waals surface area contributed by atoms with Crippen molar-refractivity contribution in [1.29, 1.82) is 0 Å². The molecule has 0 aliphatic heterocycles. The van der Waals surface area contributed by atoms with Crippen LogP contribution in [0.25, 0.3) is 11.0 Å². The first-order valence-electron chi connectivity index (χ1n) is 15.9. The molecule has 0 radical (unpaired) electrons. The van der Waals surface area contributed by atoms with Gasteiger partial charge in [-0.05, 0) is 58.4 Å². The van der Waals surface area contributed by atoms with Crippen LogP contribution >= 0.6 is 0 Å². The number of sulfonamides is 1. The molecular formula is C37H46N4O3SSi. The molecule has 7 nitrogen and oxygen atoms in total. The van der Waals surface area contributed by atoms with E-state index in [9.17, 15) is 8.42 Å². The average molecular weight is 655 g/mol. The highest BCUT2D eigenvalue weighted by Crippen LogP contribution is 2.37. The number of hydrogen-bond acceptors (Lipinski definition) is 5. The van der Waals surface area contributed by atoms with Crippen LogP contribution in [0.3, 0.4) is 0 Å². The van der Waals surface area contributed by atoms with Gasteiger partial charge in [-0.25, -0.2) is 13.4 Å². The van der Waals surface area contributed by atoms with E-state index < -0.39 is 18.3 Å². The largest absolute Gasteiger partial charge is 0.406 e. The molecule has 0 saturated heterocycles. The van der Waals surface area contributed by atoms with E-state index in [0.717, 1.165) is 22.4 Å². The van der Waals surface area contributed by atoms with Gasteiger partial charge in [0, 0.05) is 25.8 Å². The molecular weight excluding hydrogens is 609 g/mol. The Morgan fingerprint density at radius 1 is 0.891 bits per heavy atom. The van der Waals surface area contributed by atoms with E-state index in [2.05, 4.69) is 97.7 Å². The highest BCUT2D eigenvalue weighted by atomic mass is 32.2. The number of rotatable bonds is 12. The lowest BCUT2D eigenvalue weighted by molar-refractivity contribution is 0.191. The smallest absolute Gasteiger partial charge is 0.261 e. The molecule has 1 atom stereocenters. The molecule has 0 aliphatic carbocycles. The Morgan fingerprint density at radius 2 is 1.48 bits per heavy atom. The summed E-state index contributed by atoms with van der Waals surface area (Å²) in [5.41, 5.74) is 2.84.